The fraction of sp³-hybridized carbons (Fsp3) is 0.467. The van der Waals surface area contributed by atoms with Crippen molar-refractivity contribution >= 4 is 40.9 Å². The van der Waals surface area contributed by atoms with Gasteiger partial charge < -0.3 is 19.9 Å². The molecule has 0 radical (unpaired) electrons. The maximum absolute atomic E-state index is 12.3. The Morgan fingerprint density at radius 3 is 2.57 bits per heavy atom. The summed E-state index contributed by atoms with van der Waals surface area (Å²) in [5.41, 5.74) is -0.618. The number of aliphatic carboxylic acids is 1. The number of ether oxygens (including phenoxy) is 2. The van der Waals surface area contributed by atoms with Gasteiger partial charge in [-0.1, -0.05) is 11.6 Å². The lowest BCUT2D eigenvalue weighted by atomic mass is 9.84. The fourth-order valence-corrected chi connectivity index (χ4v) is 4.13. The van der Waals surface area contributed by atoms with Gasteiger partial charge in [0.1, 0.15) is 11.5 Å². The highest BCUT2D eigenvalue weighted by atomic mass is 35.5. The van der Waals surface area contributed by atoms with Crippen molar-refractivity contribution in [3.05, 3.63) is 17.2 Å². The molecule has 0 saturated carbocycles. The molecule has 1 saturated heterocycles. The first-order valence-electron chi connectivity index (χ1n) is 6.94. The van der Waals surface area contributed by atoms with E-state index in [0.717, 1.165) is 5.75 Å². The molecule has 0 aliphatic carbocycles. The molecule has 1 fully saturated rings. The van der Waals surface area contributed by atoms with Crippen molar-refractivity contribution in [1.82, 2.24) is 0 Å². The molecule has 8 heteroatoms. The van der Waals surface area contributed by atoms with Crippen molar-refractivity contribution in [3.8, 4) is 11.5 Å². The van der Waals surface area contributed by atoms with Crippen LogP contribution < -0.4 is 14.8 Å². The Bertz CT molecular complexity index is 616. The Labute approximate surface area is 143 Å². The molecule has 2 rings (SSSR count). The Kier molecular flexibility index (Phi) is 5.64. The number of benzene rings is 1. The molecule has 1 aromatic rings. The molecule has 1 atom stereocenters. The molecule has 1 aliphatic rings. The minimum absolute atomic E-state index is 0.0812. The zero-order valence-electron chi connectivity index (χ0n) is 12.8. The van der Waals surface area contributed by atoms with Crippen LogP contribution in [0.4, 0.5) is 5.69 Å². The number of amides is 1. The Morgan fingerprint density at radius 2 is 2.04 bits per heavy atom. The van der Waals surface area contributed by atoms with Crippen molar-refractivity contribution in [2.45, 2.75) is 12.8 Å². The first kappa shape index (κ1) is 17.7. The standard InChI is InChI=1S/C15H18ClNO5S/c1-21-11-6-12(22-2)10(5-9(11)16)17-13(18)7-15(14(19)20)3-4-23-8-15/h5-6H,3-4,7-8H2,1-2H3,(H,17,18)(H,19,20)/t15-/m0/s1. The van der Waals surface area contributed by atoms with E-state index in [1.54, 1.807) is 17.8 Å². The normalized spacial score (nSPS) is 20.1. The molecule has 6 nitrogen and oxygen atoms in total. The maximum atomic E-state index is 12.3. The number of carboxylic acid groups (broad SMARTS) is 1. The molecule has 23 heavy (non-hydrogen) atoms. The van der Waals surface area contributed by atoms with Crippen molar-refractivity contribution in [3.63, 3.8) is 0 Å². The highest BCUT2D eigenvalue weighted by Gasteiger charge is 2.43. The van der Waals surface area contributed by atoms with Gasteiger partial charge in [0.15, 0.2) is 0 Å². The first-order chi connectivity index (χ1) is 10.9. The molecule has 0 aromatic heterocycles. The number of carboxylic acids is 1. The van der Waals surface area contributed by atoms with Crippen LogP contribution in [0.5, 0.6) is 11.5 Å². The van der Waals surface area contributed by atoms with E-state index >= 15 is 0 Å². The number of methoxy groups -OCH3 is 2. The van der Waals surface area contributed by atoms with Crippen LogP contribution in [0, 0.1) is 5.41 Å². The van der Waals surface area contributed by atoms with Crippen LogP contribution in [0.25, 0.3) is 0 Å². The monoisotopic (exact) mass is 359 g/mol. The van der Waals surface area contributed by atoms with Gasteiger partial charge in [-0.05, 0) is 18.2 Å². The maximum Gasteiger partial charge on any atom is 0.311 e. The molecule has 1 aliphatic heterocycles. The van der Waals surface area contributed by atoms with Crippen LogP contribution in [-0.4, -0.2) is 42.7 Å². The fourth-order valence-electron chi connectivity index (χ4n) is 2.45. The van der Waals surface area contributed by atoms with E-state index in [-0.39, 0.29) is 12.3 Å². The summed E-state index contributed by atoms with van der Waals surface area (Å²) in [6.45, 7) is 0. The number of carbonyl (C=O) groups excluding carboxylic acids is 1. The number of hydrogen-bond donors (Lipinski definition) is 2. The van der Waals surface area contributed by atoms with E-state index in [0.29, 0.717) is 34.4 Å². The lowest BCUT2D eigenvalue weighted by Crippen LogP contribution is -2.35. The van der Waals surface area contributed by atoms with Crippen LogP contribution in [0.1, 0.15) is 12.8 Å². The predicted molar refractivity (Wildman–Crippen MR) is 89.8 cm³/mol. The summed E-state index contributed by atoms with van der Waals surface area (Å²) in [5.74, 6) is 0.695. The minimum Gasteiger partial charge on any atom is -0.495 e. The predicted octanol–water partition coefficient (Wildman–Crippen LogP) is 2.89. The minimum atomic E-state index is -1.00. The highest BCUT2D eigenvalue weighted by Crippen LogP contribution is 2.40. The van der Waals surface area contributed by atoms with Gasteiger partial charge >= 0.3 is 5.97 Å². The van der Waals surface area contributed by atoms with Gasteiger partial charge in [-0.25, -0.2) is 0 Å². The molecule has 1 aromatic carbocycles. The van der Waals surface area contributed by atoms with Gasteiger partial charge in [0.25, 0.3) is 0 Å². The number of hydrogen-bond acceptors (Lipinski definition) is 5. The van der Waals surface area contributed by atoms with Gasteiger partial charge in [0.2, 0.25) is 5.91 Å². The number of rotatable bonds is 6. The average molecular weight is 360 g/mol. The van der Waals surface area contributed by atoms with Crippen LogP contribution >= 0.6 is 23.4 Å². The van der Waals surface area contributed by atoms with Gasteiger partial charge in [-0.2, -0.15) is 11.8 Å². The molecular weight excluding hydrogens is 342 g/mol. The second-order valence-electron chi connectivity index (χ2n) is 5.30. The number of carbonyl (C=O) groups is 2. The Morgan fingerprint density at radius 1 is 1.35 bits per heavy atom. The van der Waals surface area contributed by atoms with Crippen molar-refractivity contribution in [1.29, 1.82) is 0 Å². The van der Waals surface area contributed by atoms with Crippen LogP contribution in [0.3, 0.4) is 0 Å². The molecular formula is C15H18ClNO5S. The summed E-state index contributed by atoms with van der Waals surface area (Å²) in [7, 11) is 2.94. The largest absolute Gasteiger partial charge is 0.495 e. The summed E-state index contributed by atoms with van der Waals surface area (Å²) in [4.78, 5) is 23.8. The molecule has 1 heterocycles. The Hall–Kier alpha value is -1.60. The Balaban J connectivity index is 2.17. The second-order valence-corrected chi connectivity index (χ2v) is 6.81. The quantitative estimate of drug-likeness (QED) is 0.812. The zero-order chi connectivity index (χ0) is 17.0. The SMILES string of the molecule is COc1cc(OC)c(NC(=O)C[C@@]2(C(=O)O)CCSC2)cc1Cl. The molecule has 0 bridgehead atoms. The van der Waals surface area contributed by atoms with Crippen molar-refractivity contribution in [2.24, 2.45) is 5.41 Å². The van der Waals surface area contributed by atoms with Gasteiger partial charge in [0.05, 0.1) is 30.3 Å². The van der Waals surface area contributed by atoms with Crippen LogP contribution in [0.2, 0.25) is 5.02 Å². The molecule has 126 valence electrons. The summed E-state index contributed by atoms with van der Waals surface area (Å²) < 4.78 is 10.3. The lowest BCUT2D eigenvalue weighted by Gasteiger charge is -2.22. The van der Waals surface area contributed by atoms with Gasteiger partial charge in [0, 0.05) is 18.2 Å². The van der Waals surface area contributed by atoms with Gasteiger partial charge in [-0.15, -0.1) is 0 Å². The van der Waals surface area contributed by atoms with E-state index in [1.165, 1.54) is 20.3 Å². The number of halogens is 1. The summed E-state index contributed by atoms with van der Waals surface area (Å²) in [6.07, 6.45) is 0.406. The third-order valence-electron chi connectivity index (χ3n) is 3.80. The van der Waals surface area contributed by atoms with Crippen molar-refractivity contribution < 1.29 is 24.2 Å². The van der Waals surface area contributed by atoms with E-state index < -0.39 is 11.4 Å². The average Bonchev–Trinajstić information content (AvgIpc) is 2.97. The van der Waals surface area contributed by atoms with Crippen LogP contribution in [-0.2, 0) is 9.59 Å². The highest BCUT2D eigenvalue weighted by molar-refractivity contribution is 7.99. The van der Waals surface area contributed by atoms with Crippen LogP contribution in [0.15, 0.2) is 12.1 Å². The second kappa shape index (κ2) is 7.31. The van der Waals surface area contributed by atoms with Gasteiger partial charge in [-0.3, -0.25) is 9.59 Å². The molecule has 0 unspecified atom stereocenters. The number of nitrogens with one attached hydrogen (secondary N) is 1. The third kappa shape index (κ3) is 3.84. The lowest BCUT2D eigenvalue weighted by molar-refractivity contribution is -0.149. The summed E-state index contributed by atoms with van der Waals surface area (Å²) in [5, 5.41) is 12.4. The van der Waals surface area contributed by atoms with E-state index in [1.807, 2.05) is 0 Å². The number of anilines is 1. The summed E-state index contributed by atoms with van der Waals surface area (Å²) in [6, 6.07) is 3.09. The number of thioether (sulfide) groups is 1. The molecule has 0 spiro atoms. The van der Waals surface area contributed by atoms with Crippen molar-refractivity contribution in [2.75, 3.05) is 31.0 Å². The van der Waals surface area contributed by atoms with E-state index in [4.69, 9.17) is 21.1 Å². The molecule has 2 N–H and O–H groups in total. The zero-order valence-corrected chi connectivity index (χ0v) is 14.4. The van der Waals surface area contributed by atoms with E-state index in [9.17, 15) is 14.7 Å². The summed E-state index contributed by atoms with van der Waals surface area (Å²) >= 11 is 7.61. The smallest absolute Gasteiger partial charge is 0.311 e. The first-order valence-corrected chi connectivity index (χ1v) is 8.47. The molecule has 1 amide bonds. The third-order valence-corrected chi connectivity index (χ3v) is 5.35. The topological polar surface area (TPSA) is 84.9 Å². The van der Waals surface area contributed by atoms with E-state index in [2.05, 4.69) is 5.32 Å².